The van der Waals surface area contributed by atoms with E-state index in [1.54, 1.807) is 19.1 Å². The van der Waals surface area contributed by atoms with Gasteiger partial charge in [-0.2, -0.15) is 0 Å². The van der Waals surface area contributed by atoms with Crippen molar-refractivity contribution in [2.75, 3.05) is 5.32 Å². The zero-order valence-electron chi connectivity index (χ0n) is 8.40. The Hall–Kier alpha value is -1.69. The lowest BCUT2D eigenvalue weighted by Gasteiger charge is -2.01. The highest BCUT2D eigenvalue weighted by Crippen LogP contribution is 2.16. The number of hydrogen-bond acceptors (Lipinski definition) is 4. The maximum atomic E-state index is 11.6. The molecule has 1 aromatic heterocycles. The normalized spacial score (nSPS) is 10.1. The number of anilines is 1. The molecule has 0 saturated carbocycles. The molecular formula is C10H8BrN3O2. The fourth-order valence-electron chi connectivity index (χ4n) is 1.14. The van der Waals surface area contributed by atoms with Crippen molar-refractivity contribution in [1.29, 1.82) is 0 Å². The van der Waals surface area contributed by atoms with E-state index in [2.05, 4.69) is 31.4 Å². The summed E-state index contributed by atoms with van der Waals surface area (Å²) in [6.07, 6.45) is 0. The van der Waals surface area contributed by atoms with E-state index in [0.29, 0.717) is 11.6 Å². The van der Waals surface area contributed by atoms with E-state index < -0.39 is 5.91 Å². The summed E-state index contributed by atoms with van der Waals surface area (Å²) in [5.41, 5.74) is 0.662. The van der Waals surface area contributed by atoms with Crippen molar-refractivity contribution in [3.8, 4) is 0 Å². The predicted molar refractivity (Wildman–Crippen MR) is 61.1 cm³/mol. The molecule has 6 heteroatoms. The Labute approximate surface area is 100.0 Å². The van der Waals surface area contributed by atoms with Gasteiger partial charge < -0.3 is 9.73 Å². The van der Waals surface area contributed by atoms with Crippen LogP contribution in [-0.4, -0.2) is 16.1 Å². The van der Waals surface area contributed by atoms with Crippen molar-refractivity contribution in [2.24, 2.45) is 0 Å². The molecule has 1 heterocycles. The van der Waals surface area contributed by atoms with Crippen molar-refractivity contribution < 1.29 is 9.21 Å². The second-order valence-corrected chi connectivity index (χ2v) is 4.01. The third kappa shape index (κ3) is 2.46. The Morgan fingerprint density at radius 2 is 2.25 bits per heavy atom. The summed E-state index contributed by atoms with van der Waals surface area (Å²) in [7, 11) is 0. The maximum Gasteiger partial charge on any atom is 0.313 e. The summed E-state index contributed by atoms with van der Waals surface area (Å²) in [6.45, 7) is 1.63. The van der Waals surface area contributed by atoms with Crippen molar-refractivity contribution >= 4 is 27.5 Å². The van der Waals surface area contributed by atoms with Crippen LogP contribution in [0.5, 0.6) is 0 Å². The lowest BCUT2D eigenvalue weighted by atomic mass is 10.3. The van der Waals surface area contributed by atoms with Crippen LogP contribution in [0.4, 0.5) is 5.69 Å². The van der Waals surface area contributed by atoms with Gasteiger partial charge in [-0.3, -0.25) is 4.79 Å². The third-order valence-electron chi connectivity index (χ3n) is 1.80. The van der Waals surface area contributed by atoms with Gasteiger partial charge in [-0.1, -0.05) is 22.0 Å². The Morgan fingerprint density at radius 1 is 1.44 bits per heavy atom. The average molecular weight is 282 g/mol. The zero-order valence-corrected chi connectivity index (χ0v) is 9.98. The highest BCUT2D eigenvalue weighted by Gasteiger charge is 2.13. The first kappa shape index (κ1) is 10.8. The molecule has 0 saturated heterocycles. The molecule has 1 amide bonds. The minimum Gasteiger partial charge on any atom is -0.417 e. The smallest absolute Gasteiger partial charge is 0.313 e. The largest absolute Gasteiger partial charge is 0.417 e. The Kier molecular flexibility index (Phi) is 3.00. The number of halogens is 1. The van der Waals surface area contributed by atoms with E-state index >= 15 is 0 Å². The molecule has 0 fully saturated rings. The van der Waals surface area contributed by atoms with E-state index in [1.807, 2.05) is 12.1 Å². The van der Waals surface area contributed by atoms with Gasteiger partial charge in [0.1, 0.15) is 0 Å². The van der Waals surface area contributed by atoms with Gasteiger partial charge in [-0.25, -0.2) is 0 Å². The van der Waals surface area contributed by atoms with Crippen molar-refractivity contribution in [2.45, 2.75) is 6.92 Å². The molecule has 0 radical (unpaired) electrons. The van der Waals surface area contributed by atoms with E-state index in [9.17, 15) is 4.79 Å². The summed E-state index contributed by atoms with van der Waals surface area (Å²) >= 11 is 3.31. The van der Waals surface area contributed by atoms with Crippen LogP contribution in [0.15, 0.2) is 33.2 Å². The molecule has 0 aliphatic heterocycles. The lowest BCUT2D eigenvalue weighted by Crippen LogP contribution is -2.12. The minimum absolute atomic E-state index is 0.0440. The molecule has 0 spiro atoms. The number of carbonyl (C=O) groups excluding carboxylic acids is 1. The first-order chi connectivity index (χ1) is 7.65. The standard InChI is InChI=1S/C10H8BrN3O2/c1-6-13-14-10(16-6)9(15)12-8-4-2-3-7(11)5-8/h2-5H,1H3,(H,12,15). The number of carbonyl (C=O) groups is 1. The molecule has 16 heavy (non-hydrogen) atoms. The molecule has 82 valence electrons. The number of nitrogens with one attached hydrogen (secondary N) is 1. The highest BCUT2D eigenvalue weighted by molar-refractivity contribution is 9.10. The zero-order chi connectivity index (χ0) is 11.5. The number of aromatic nitrogens is 2. The van der Waals surface area contributed by atoms with Gasteiger partial charge in [0.25, 0.3) is 0 Å². The number of aryl methyl sites for hydroxylation is 1. The molecule has 0 aliphatic rings. The lowest BCUT2D eigenvalue weighted by molar-refractivity contribution is 0.0989. The Morgan fingerprint density at radius 3 is 2.88 bits per heavy atom. The SMILES string of the molecule is Cc1nnc(C(=O)Nc2cccc(Br)c2)o1. The van der Waals surface area contributed by atoms with Gasteiger partial charge in [-0.15, -0.1) is 10.2 Å². The monoisotopic (exact) mass is 281 g/mol. The van der Waals surface area contributed by atoms with Crippen LogP contribution in [0.25, 0.3) is 0 Å². The molecule has 2 rings (SSSR count). The second-order valence-electron chi connectivity index (χ2n) is 3.09. The average Bonchev–Trinajstić information content (AvgIpc) is 2.65. The molecule has 0 atom stereocenters. The van der Waals surface area contributed by atoms with Crippen LogP contribution >= 0.6 is 15.9 Å². The number of hydrogen-bond donors (Lipinski definition) is 1. The van der Waals surface area contributed by atoms with Crippen LogP contribution in [0.1, 0.15) is 16.6 Å². The van der Waals surface area contributed by atoms with Crippen LogP contribution in [0.3, 0.4) is 0 Å². The summed E-state index contributed by atoms with van der Waals surface area (Å²) in [5, 5.41) is 9.85. The molecule has 5 nitrogen and oxygen atoms in total. The predicted octanol–water partition coefficient (Wildman–Crippen LogP) is 2.39. The van der Waals surface area contributed by atoms with E-state index in [1.165, 1.54) is 0 Å². The molecular weight excluding hydrogens is 274 g/mol. The Bertz CT molecular complexity index is 524. The summed E-state index contributed by atoms with van der Waals surface area (Å²) in [5.74, 6) is -0.101. The van der Waals surface area contributed by atoms with Gasteiger partial charge in [0, 0.05) is 17.1 Å². The highest BCUT2D eigenvalue weighted by atomic mass is 79.9. The first-order valence-corrected chi connectivity index (χ1v) is 5.31. The van der Waals surface area contributed by atoms with Gasteiger partial charge in [0.15, 0.2) is 0 Å². The maximum absolute atomic E-state index is 11.6. The van der Waals surface area contributed by atoms with Gasteiger partial charge in [0.2, 0.25) is 5.89 Å². The fourth-order valence-corrected chi connectivity index (χ4v) is 1.54. The number of nitrogens with zero attached hydrogens (tertiary/aromatic N) is 2. The van der Waals surface area contributed by atoms with Gasteiger partial charge in [-0.05, 0) is 18.2 Å². The van der Waals surface area contributed by atoms with Crippen molar-refractivity contribution in [3.05, 3.63) is 40.5 Å². The molecule has 0 aliphatic carbocycles. The minimum atomic E-state index is -0.418. The third-order valence-corrected chi connectivity index (χ3v) is 2.30. The van der Waals surface area contributed by atoms with Crippen molar-refractivity contribution in [3.63, 3.8) is 0 Å². The number of rotatable bonds is 2. The number of amides is 1. The van der Waals surface area contributed by atoms with E-state index in [4.69, 9.17) is 4.42 Å². The molecule has 0 bridgehead atoms. The Balaban J connectivity index is 2.13. The van der Waals surface area contributed by atoms with Crippen LogP contribution < -0.4 is 5.32 Å². The number of benzene rings is 1. The van der Waals surface area contributed by atoms with E-state index in [-0.39, 0.29) is 5.89 Å². The summed E-state index contributed by atoms with van der Waals surface area (Å²) in [4.78, 5) is 11.6. The topological polar surface area (TPSA) is 68.0 Å². The first-order valence-electron chi connectivity index (χ1n) is 4.52. The quantitative estimate of drug-likeness (QED) is 0.918. The molecule has 1 N–H and O–H groups in total. The van der Waals surface area contributed by atoms with Gasteiger partial charge >= 0.3 is 11.8 Å². The van der Waals surface area contributed by atoms with E-state index in [0.717, 1.165) is 4.47 Å². The van der Waals surface area contributed by atoms with Crippen molar-refractivity contribution in [1.82, 2.24) is 10.2 Å². The molecule has 0 unspecified atom stereocenters. The summed E-state index contributed by atoms with van der Waals surface area (Å²) in [6, 6.07) is 7.23. The van der Waals surface area contributed by atoms with Crippen LogP contribution in [0.2, 0.25) is 0 Å². The van der Waals surface area contributed by atoms with Crippen LogP contribution in [-0.2, 0) is 0 Å². The van der Waals surface area contributed by atoms with Crippen LogP contribution in [0, 0.1) is 6.92 Å². The molecule has 2 aromatic rings. The second kappa shape index (κ2) is 4.44. The van der Waals surface area contributed by atoms with Gasteiger partial charge in [0.05, 0.1) is 0 Å². The summed E-state index contributed by atoms with van der Waals surface area (Å²) < 4.78 is 5.88. The molecule has 1 aromatic carbocycles. The fraction of sp³-hybridized carbons (Fsp3) is 0.100.